The number of carbonyl (C=O) groups is 2. The second kappa shape index (κ2) is 10.4. The fraction of sp³-hybridized carbons (Fsp3) is 0.0833. The Morgan fingerprint density at radius 3 is 2.23 bits per heavy atom. The van der Waals surface area contributed by atoms with Crippen molar-refractivity contribution in [2.24, 2.45) is 0 Å². The number of hydrogen-bond donors (Lipinski definition) is 2. The third-order valence-electron chi connectivity index (χ3n) is 4.13. The van der Waals surface area contributed by atoms with Crippen LogP contribution in [-0.2, 0) is 4.79 Å². The average Bonchev–Trinajstić information content (AvgIpc) is 2.77. The second-order valence-electron chi connectivity index (χ2n) is 6.34. The van der Waals surface area contributed by atoms with E-state index >= 15 is 0 Å². The van der Waals surface area contributed by atoms with E-state index in [4.69, 9.17) is 4.74 Å². The first-order valence-electron chi connectivity index (χ1n) is 9.43. The molecule has 2 N–H and O–H groups in total. The first kappa shape index (κ1) is 21.3. The molecule has 0 fully saturated rings. The molecule has 30 heavy (non-hydrogen) atoms. The van der Waals surface area contributed by atoms with Crippen molar-refractivity contribution in [3.63, 3.8) is 0 Å². The van der Waals surface area contributed by atoms with Crippen molar-refractivity contribution < 1.29 is 14.3 Å². The summed E-state index contributed by atoms with van der Waals surface area (Å²) < 4.78 is 6.34. The van der Waals surface area contributed by atoms with E-state index < -0.39 is 5.91 Å². The van der Waals surface area contributed by atoms with Crippen molar-refractivity contribution in [1.82, 2.24) is 5.32 Å². The third kappa shape index (κ3) is 6.06. The summed E-state index contributed by atoms with van der Waals surface area (Å²) in [5, 5.41) is 5.53. The second-order valence-corrected chi connectivity index (χ2v) is 7.26. The molecule has 3 rings (SSSR count). The minimum absolute atomic E-state index is 0.139. The van der Waals surface area contributed by atoms with Crippen LogP contribution in [0.2, 0.25) is 0 Å². The quantitative estimate of drug-likeness (QED) is 0.468. The summed E-state index contributed by atoms with van der Waals surface area (Å²) in [6.45, 7) is 2.47. The van der Waals surface area contributed by atoms with E-state index in [1.54, 1.807) is 54.6 Å². The Hall–Kier alpha value is -3.38. The van der Waals surface area contributed by atoms with Gasteiger partial charge in [0.1, 0.15) is 11.4 Å². The van der Waals surface area contributed by atoms with Crippen LogP contribution in [0.5, 0.6) is 5.75 Å². The Bertz CT molecular complexity index is 1030. The van der Waals surface area contributed by atoms with Gasteiger partial charge < -0.3 is 15.4 Å². The van der Waals surface area contributed by atoms with Gasteiger partial charge in [0, 0.05) is 15.7 Å². The molecule has 0 aromatic heterocycles. The Balaban J connectivity index is 1.83. The van der Waals surface area contributed by atoms with Crippen LogP contribution in [0.1, 0.15) is 22.8 Å². The van der Waals surface area contributed by atoms with Gasteiger partial charge in [-0.15, -0.1) is 0 Å². The smallest absolute Gasteiger partial charge is 0.272 e. The number of benzene rings is 3. The summed E-state index contributed by atoms with van der Waals surface area (Å²) in [5.41, 5.74) is 1.98. The Morgan fingerprint density at radius 1 is 0.933 bits per heavy atom. The molecule has 0 saturated heterocycles. The molecule has 0 radical (unpaired) electrons. The summed E-state index contributed by atoms with van der Waals surface area (Å²) in [7, 11) is 0. The number of carbonyl (C=O) groups excluding carboxylic acids is 2. The molecular formula is C24H21BrN2O3. The highest BCUT2D eigenvalue weighted by molar-refractivity contribution is 9.10. The highest BCUT2D eigenvalue weighted by Gasteiger charge is 2.15. The standard InChI is InChI=1S/C24H21BrN2O3/c1-2-30-21-14-12-20(13-15-21)26-24(29)22(16-17-8-10-19(25)11-9-17)27-23(28)18-6-4-3-5-7-18/h3-16H,2H2,1H3,(H,26,29)(H,27,28)/b22-16-. The molecule has 0 bridgehead atoms. The largest absolute Gasteiger partial charge is 0.494 e. The van der Waals surface area contributed by atoms with Crippen LogP contribution in [0.3, 0.4) is 0 Å². The molecule has 3 aromatic rings. The number of nitrogens with one attached hydrogen (secondary N) is 2. The summed E-state index contributed by atoms with van der Waals surface area (Å²) >= 11 is 3.39. The maximum atomic E-state index is 12.9. The van der Waals surface area contributed by atoms with Crippen molar-refractivity contribution in [3.8, 4) is 5.75 Å². The molecule has 0 aliphatic heterocycles. The molecule has 0 saturated carbocycles. The highest BCUT2D eigenvalue weighted by atomic mass is 79.9. The maximum Gasteiger partial charge on any atom is 0.272 e. The average molecular weight is 465 g/mol. The van der Waals surface area contributed by atoms with Crippen molar-refractivity contribution in [1.29, 1.82) is 0 Å². The summed E-state index contributed by atoms with van der Waals surface area (Å²) in [6.07, 6.45) is 1.64. The van der Waals surface area contributed by atoms with Gasteiger partial charge in [-0.3, -0.25) is 9.59 Å². The SMILES string of the molecule is CCOc1ccc(NC(=O)/C(=C/c2ccc(Br)cc2)NC(=O)c2ccccc2)cc1. The van der Waals surface area contributed by atoms with Crippen LogP contribution in [0.15, 0.2) is 89.0 Å². The lowest BCUT2D eigenvalue weighted by Crippen LogP contribution is -2.30. The summed E-state index contributed by atoms with van der Waals surface area (Å²) in [5.74, 6) is -0.0642. The zero-order chi connectivity index (χ0) is 21.3. The van der Waals surface area contributed by atoms with E-state index in [-0.39, 0.29) is 11.6 Å². The number of anilines is 1. The zero-order valence-electron chi connectivity index (χ0n) is 16.4. The van der Waals surface area contributed by atoms with E-state index in [1.165, 1.54) is 0 Å². The van der Waals surface area contributed by atoms with E-state index in [0.717, 1.165) is 15.8 Å². The van der Waals surface area contributed by atoms with Crippen LogP contribution in [0, 0.1) is 0 Å². The number of rotatable bonds is 7. The number of halogens is 1. The molecular weight excluding hydrogens is 444 g/mol. The molecule has 3 aromatic carbocycles. The predicted octanol–water partition coefficient (Wildman–Crippen LogP) is 5.26. The Morgan fingerprint density at radius 2 is 1.60 bits per heavy atom. The molecule has 0 heterocycles. The lowest BCUT2D eigenvalue weighted by atomic mass is 10.1. The van der Waals surface area contributed by atoms with Crippen molar-refractivity contribution >= 4 is 39.5 Å². The Labute approximate surface area is 183 Å². The van der Waals surface area contributed by atoms with E-state index in [0.29, 0.717) is 17.9 Å². The third-order valence-corrected chi connectivity index (χ3v) is 4.66. The molecule has 0 aliphatic carbocycles. The molecule has 5 nitrogen and oxygen atoms in total. The van der Waals surface area contributed by atoms with Crippen LogP contribution in [0.25, 0.3) is 6.08 Å². The monoisotopic (exact) mass is 464 g/mol. The molecule has 0 atom stereocenters. The minimum atomic E-state index is -0.425. The number of amides is 2. The predicted molar refractivity (Wildman–Crippen MR) is 122 cm³/mol. The molecule has 6 heteroatoms. The molecule has 152 valence electrons. The van der Waals surface area contributed by atoms with Crippen molar-refractivity contribution in [3.05, 3.63) is 100 Å². The normalized spacial score (nSPS) is 10.9. The van der Waals surface area contributed by atoms with E-state index in [2.05, 4.69) is 26.6 Å². The van der Waals surface area contributed by atoms with Gasteiger partial charge in [0.05, 0.1) is 6.61 Å². The lowest BCUT2D eigenvalue weighted by Gasteiger charge is -2.12. The van der Waals surface area contributed by atoms with Gasteiger partial charge in [-0.25, -0.2) is 0 Å². The van der Waals surface area contributed by atoms with Gasteiger partial charge in [0.15, 0.2) is 0 Å². The molecule has 2 amide bonds. The van der Waals surface area contributed by atoms with Gasteiger partial charge in [0.25, 0.3) is 11.8 Å². The van der Waals surface area contributed by atoms with Crippen LogP contribution in [-0.4, -0.2) is 18.4 Å². The van der Waals surface area contributed by atoms with E-state index in [1.807, 2.05) is 37.3 Å². The molecule has 0 unspecified atom stereocenters. The number of ether oxygens (including phenoxy) is 1. The zero-order valence-corrected chi connectivity index (χ0v) is 18.0. The van der Waals surface area contributed by atoms with Crippen LogP contribution >= 0.6 is 15.9 Å². The summed E-state index contributed by atoms with van der Waals surface area (Å²) in [6, 6.07) is 23.2. The molecule has 0 aliphatic rings. The van der Waals surface area contributed by atoms with Crippen LogP contribution in [0.4, 0.5) is 5.69 Å². The highest BCUT2D eigenvalue weighted by Crippen LogP contribution is 2.17. The van der Waals surface area contributed by atoms with Gasteiger partial charge >= 0.3 is 0 Å². The minimum Gasteiger partial charge on any atom is -0.494 e. The first-order valence-corrected chi connectivity index (χ1v) is 10.2. The molecule has 0 spiro atoms. The first-order chi connectivity index (χ1) is 14.5. The van der Waals surface area contributed by atoms with Crippen molar-refractivity contribution in [2.45, 2.75) is 6.92 Å². The fourth-order valence-electron chi connectivity index (χ4n) is 2.67. The Kier molecular flexibility index (Phi) is 7.40. The van der Waals surface area contributed by atoms with Gasteiger partial charge in [-0.2, -0.15) is 0 Å². The summed E-state index contributed by atoms with van der Waals surface area (Å²) in [4.78, 5) is 25.5. The van der Waals surface area contributed by atoms with Gasteiger partial charge in [0.2, 0.25) is 0 Å². The number of hydrogen-bond acceptors (Lipinski definition) is 3. The maximum absolute atomic E-state index is 12.9. The van der Waals surface area contributed by atoms with Crippen LogP contribution < -0.4 is 15.4 Å². The topological polar surface area (TPSA) is 67.4 Å². The van der Waals surface area contributed by atoms with Gasteiger partial charge in [-0.05, 0) is 67.1 Å². The van der Waals surface area contributed by atoms with Gasteiger partial charge in [-0.1, -0.05) is 46.3 Å². The van der Waals surface area contributed by atoms with E-state index in [9.17, 15) is 9.59 Å². The van der Waals surface area contributed by atoms with Crippen molar-refractivity contribution in [2.75, 3.05) is 11.9 Å². The fourth-order valence-corrected chi connectivity index (χ4v) is 2.93. The lowest BCUT2D eigenvalue weighted by molar-refractivity contribution is -0.113.